The Morgan fingerprint density at radius 3 is 2.63 bits per heavy atom. The summed E-state index contributed by atoms with van der Waals surface area (Å²) >= 11 is 0. The van der Waals surface area contributed by atoms with E-state index in [4.69, 9.17) is 11.5 Å². The van der Waals surface area contributed by atoms with Gasteiger partial charge in [0.25, 0.3) is 5.56 Å². The number of aromatic carboxylic acids is 1. The molecule has 6 heteroatoms. The topological polar surface area (TPSA) is 88.4 Å². The maximum atomic E-state index is 12.0. The lowest BCUT2D eigenvalue weighted by Crippen LogP contribution is -2.36. The van der Waals surface area contributed by atoms with Crippen molar-refractivity contribution in [2.24, 2.45) is 0 Å². The number of nitrogens with one attached hydrogen (secondary N) is 1. The normalized spacial score (nSPS) is 9.74. The lowest BCUT2D eigenvalue weighted by atomic mass is 10.1. The van der Waals surface area contributed by atoms with Gasteiger partial charge >= 0.3 is 5.97 Å². The predicted octanol–water partition coefficient (Wildman–Crippen LogP) is -0.0873. The van der Waals surface area contributed by atoms with Gasteiger partial charge in [-0.1, -0.05) is 5.92 Å². The lowest BCUT2D eigenvalue weighted by molar-refractivity contribution is -0.121. The van der Waals surface area contributed by atoms with Crippen LogP contribution < -0.4 is 10.9 Å². The van der Waals surface area contributed by atoms with Gasteiger partial charge in [-0.25, -0.2) is 4.79 Å². The molecule has 0 atom stereocenters. The number of carboxylic acids is 1. The fourth-order valence-corrected chi connectivity index (χ4v) is 1.73. The lowest BCUT2D eigenvalue weighted by Gasteiger charge is -2.12. The first-order valence-electron chi connectivity index (χ1n) is 5.53. The summed E-state index contributed by atoms with van der Waals surface area (Å²) in [5.74, 6) is 0.492. The second-order valence-electron chi connectivity index (χ2n) is 4.02. The molecule has 0 aliphatic carbocycles. The number of carbonyl (C=O) groups is 2. The van der Waals surface area contributed by atoms with Crippen molar-refractivity contribution in [1.29, 1.82) is 0 Å². The summed E-state index contributed by atoms with van der Waals surface area (Å²) in [6.45, 7) is 2.98. The molecule has 1 heterocycles. The van der Waals surface area contributed by atoms with E-state index in [1.807, 2.05) is 0 Å². The minimum Gasteiger partial charge on any atom is -0.477 e. The SMILES string of the molecule is C#CCNC(=O)Cn1c(C)cc(C)c(C(=O)O)c1=O. The van der Waals surface area contributed by atoms with Crippen molar-refractivity contribution in [2.75, 3.05) is 6.54 Å². The van der Waals surface area contributed by atoms with Crippen molar-refractivity contribution >= 4 is 11.9 Å². The number of aryl methyl sites for hydroxylation is 2. The van der Waals surface area contributed by atoms with Crippen molar-refractivity contribution in [3.63, 3.8) is 0 Å². The molecule has 0 spiro atoms. The van der Waals surface area contributed by atoms with Gasteiger partial charge in [-0.05, 0) is 25.5 Å². The Balaban J connectivity index is 3.19. The second-order valence-corrected chi connectivity index (χ2v) is 4.02. The molecular weight excluding hydrogens is 248 g/mol. The maximum Gasteiger partial charge on any atom is 0.341 e. The molecule has 0 aromatic carbocycles. The van der Waals surface area contributed by atoms with E-state index < -0.39 is 17.4 Å². The van der Waals surface area contributed by atoms with E-state index in [-0.39, 0.29) is 18.7 Å². The Morgan fingerprint density at radius 2 is 2.11 bits per heavy atom. The molecule has 1 amide bonds. The Kier molecular flexibility index (Phi) is 4.48. The molecule has 1 aromatic rings. The highest BCUT2D eigenvalue weighted by molar-refractivity contribution is 5.89. The summed E-state index contributed by atoms with van der Waals surface area (Å²) < 4.78 is 1.11. The molecule has 1 aromatic heterocycles. The van der Waals surface area contributed by atoms with Crippen LogP contribution in [0.15, 0.2) is 10.9 Å². The molecule has 0 saturated carbocycles. The van der Waals surface area contributed by atoms with Crippen LogP contribution in [0.2, 0.25) is 0 Å². The first kappa shape index (κ1) is 14.5. The zero-order valence-corrected chi connectivity index (χ0v) is 10.7. The largest absolute Gasteiger partial charge is 0.477 e. The first-order chi connectivity index (χ1) is 8.88. The third-order valence-corrected chi connectivity index (χ3v) is 2.61. The Hall–Kier alpha value is -2.55. The maximum absolute atomic E-state index is 12.0. The summed E-state index contributed by atoms with van der Waals surface area (Å²) in [7, 11) is 0. The molecule has 0 bridgehead atoms. The minimum atomic E-state index is -1.31. The third kappa shape index (κ3) is 3.22. The van der Waals surface area contributed by atoms with Gasteiger partial charge in [-0.3, -0.25) is 9.59 Å². The molecule has 0 unspecified atom stereocenters. The zero-order valence-electron chi connectivity index (χ0n) is 10.7. The van der Waals surface area contributed by atoms with Crippen molar-refractivity contribution in [3.05, 3.63) is 33.2 Å². The summed E-state index contributed by atoms with van der Waals surface area (Å²) in [6, 6.07) is 1.55. The summed E-state index contributed by atoms with van der Waals surface area (Å²) in [5.41, 5.74) is -0.130. The van der Waals surface area contributed by atoms with Crippen LogP contribution in [0.5, 0.6) is 0 Å². The number of amides is 1. The molecule has 19 heavy (non-hydrogen) atoms. The van der Waals surface area contributed by atoms with E-state index in [9.17, 15) is 14.4 Å². The molecule has 1 rings (SSSR count). The van der Waals surface area contributed by atoms with Gasteiger partial charge in [0.2, 0.25) is 5.91 Å². The molecule has 0 radical (unpaired) electrons. The number of hydrogen-bond donors (Lipinski definition) is 2. The van der Waals surface area contributed by atoms with E-state index in [2.05, 4.69) is 11.2 Å². The fourth-order valence-electron chi connectivity index (χ4n) is 1.73. The van der Waals surface area contributed by atoms with Crippen LogP contribution in [0.4, 0.5) is 0 Å². The number of terminal acetylenes is 1. The van der Waals surface area contributed by atoms with E-state index in [1.165, 1.54) is 0 Å². The van der Waals surface area contributed by atoms with Crippen LogP contribution in [-0.2, 0) is 11.3 Å². The Labute approximate surface area is 110 Å². The zero-order chi connectivity index (χ0) is 14.6. The molecule has 100 valence electrons. The van der Waals surface area contributed by atoms with Crippen molar-refractivity contribution in [1.82, 2.24) is 9.88 Å². The predicted molar refractivity (Wildman–Crippen MR) is 69.0 cm³/mol. The van der Waals surface area contributed by atoms with Crippen LogP contribution in [0.3, 0.4) is 0 Å². The molecular formula is C13H14N2O4. The van der Waals surface area contributed by atoms with Gasteiger partial charge in [0.1, 0.15) is 12.1 Å². The average molecular weight is 262 g/mol. The fraction of sp³-hybridized carbons (Fsp3) is 0.308. The monoisotopic (exact) mass is 262 g/mol. The first-order valence-corrected chi connectivity index (χ1v) is 5.53. The van der Waals surface area contributed by atoms with Crippen molar-refractivity contribution in [3.8, 4) is 12.3 Å². The highest BCUT2D eigenvalue weighted by atomic mass is 16.4. The van der Waals surface area contributed by atoms with E-state index >= 15 is 0 Å². The molecule has 0 fully saturated rings. The Bertz CT molecular complexity index is 623. The van der Waals surface area contributed by atoms with Crippen LogP contribution in [-0.4, -0.2) is 28.1 Å². The van der Waals surface area contributed by atoms with Gasteiger partial charge in [-0.2, -0.15) is 0 Å². The number of hydrogen-bond acceptors (Lipinski definition) is 3. The standard InChI is InChI=1S/C13H14N2O4/c1-4-5-14-10(16)7-15-9(3)6-8(2)11(12(15)17)13(18)19/h1,6H,5,7H2,2-3H3,(H,14,16)(H,18,19). The number of aromatic nitrogens is 1. The highest BCUT2D eigenvalue weighted by Gasteiger charge is 2.17. The summed E-state index contributed by atoms with van der Waals surface area (Å²) in [4.78, 5) is 34.6. The highest BCUT2D eigenvalue weighted by Crippen LogP contribution is 2.06. The Morgan fingerprint density at radius 1 is 1.47 bits per heavy atom. The van der Waals surface area contributed by atoms with Crippen LogP contribution in [0.25, 0.3) is 0 Å². The molecule has 0 aliphatic rings. The number of carboxylic acid groups (broad SMARTS) is 1. The molecule has 0 saturated heterocycles. The summed E-state index contributed by atoms with van der Waals surface area (Å²) in [6.07, 6.45) is 5.00. The minimum absolute atomic E-state index is 0.0598. The van der Waals surface area contributed by atoms with Crippen molar-refractivity contribution in [2.45, 2.75) is 20.4 Å². The van der Waals surface area contributed by atoms with Crippen LogP contribution in [0, 0.1) is 26.2 Å². The smallest absolute Gasteiger partial charge is 0.341 e. The second kappa shape index (κ2) is 5.87. The number of rotatable bonds is 4. The van der Waals surface area contributed by atoms with E-state index in [0.717, 1.165) is 4.57 Å². The van der Waals surface area contributed by atoms with Crippen LogP contribution in [0.1, 0.15) is 21.6 Å². The van der Waals surface area contributed by atoms with Gasteiger partial charge < -0.3 is 15.0 Å². The van der Waals surface area contributed by atoms with Crippen molar-refractivity contribution < 1.29 is 14.7 Å². The van der Waals surface area contributed by atoms with Gasteiger partial charge in [-0.15, -0.1) is 6.42 Å². The van der Waals surface area contributed by atoms with Crippen LogP contribution >= 0.6 is 0 Å². The van der Waals surface area contributed by atoms with Gasteiger partial charge in [0.05, 0.1) is 6.54 Å². The van der Waals surface area contributed by atoms with Gasteiger partial charge in [0, 0.05) is 5.69 Å². The molecule has 0 aliphatic heterocycles. The number of nitrogens with zero attached hydrogens (tertiary/aromatic N) is 1. The molecule has 2 N–H and O–H groups in total. The quantitative estimate of drug-likeness (QED) is 0.742. The average Bonchev–Trinajstić information content (AvgIpc) is 2.31. The van der Waals surface area contributed by atoms with E-state index in [1.54, 1.807) is 19.9 Å². The van der Waals surface area contributed by atoms with E-state index in [0.29, 0.717) is 11.3 Å². The third-order valence-electron chi connectivity index (χ3n) is 2.61. The number of carbonyl (C=O) groups excluding carboxylic acids is 1. The summed E-state index contributed by atoms with van der Waals surface area (Å²) in [5, 5.41) is 11.4. The van der Waals surface area contributed by atoms with Gasteiger partial charge in [0.15, 0.2) is 0 Å². The molecule has 6 nitrogen and oxygen atoms in total. The number of pyridine rings is 1.